The zero-order valence-electron chi connectivity index (χ0n) is 12.4. The van der Waals surface area contributed by atoms with E-state index in [9.17, 15) is 9.59 Å². The lowest BCUT2D eigenvalue weighted by molar-refractivity contribution is -0.118. The number of rotatable bonds is 6. The van der Waals surface area contributed by atoms with E-state index in [1.807, 2.05) is 31.2 Å². The first-order valence-electron chi connectivity index (χ1n) is 6.63. The molecular weight excluding hydrogens is 302 g/mol. The van der Waals surface area contributed by atoms with Crippen LogP contribution in [0.4, 0.5) is 0 Å². The van der Waals surface area contributed by atoms with Crippen LogP contribution in [0.2, 0.25) is 0 Å². The van der Waals surface area contributed by atoms with E-state index in [4.69, 9.17) is 10.5 Å². The molecule has 0 saturated heterocycles. The molecule has 7 heteroatoms. The van der Waals surface area contributed by atoms with E-state index < -0.39 is 5.91 Å². The molecule has 2 N–H and O–H groups in total. The third kappa shape index (κ3) is 4.29. The van der Waals surface area contributed by atoms with Gasteiger partial charge in [-0.15, -0.1) is 11.3 Å². The normalized spacial score (nSPS) is 10.3. The van der Waals surface area contributed by atoms with Gasteiger partial charge in [-0.05, 0) is 19.1 Å². The number of aromatic nitrogens is 1. The molecule has 2 amide bonds. The molecule has 0 atom stereocenters. The summed E-state index contributed by atoms with van der Waals surface area (Å²) in [5.74, 6) is -0.148. The van der Waals surface area contributed by atoms with Gasteiger partial charge in [-0.3, -0.25) is 9.59 Å². The third-order valence-electron chi connectivity index (χ3n) is 2.89. The Morgan fingerprint density at radius 3 is 2.64 bits per heavy atom. The molecule has 116 valence electrons. The van der Waals surface area contributed by atoms with Crippen LogP contribution in [0.15, 0.2) is 29.6 Å². The number of carbonyl (C=O) groups is 2. The Labute approximate surface area is 132 Å². The number of carbonyl (C=O) groups excluding carboxylic acids is 2. The Morgan fingerprint density at radius 2 is 2.00 bits per heavy atom. The number of benzene rings is 1. The van der Waals surface area contributed by atoms with Gasteiger partial charge in [0.1, 0.15) is 23.1 Å². The van der Waals surface area contributed by atoms with Gasteiger partial charge < -0.3 is 15.4 Å². The van der Waals surface area contributed by atoms with Crippen LogP contribution in [0.5, 0.6) is 5.75 Å². The highest BCUT2D eigenvalue weighted by Crippen LogP contribution is 2.16. The van der Waals surface area contributed by atoms with Crippen LogP contribution in [0, 0.1) is 6.92 Å². The zero-order valence-corrected chi connectivity index (χ0v) is 13.2. The number of ether oxygens (including phenoxy) is 1. The second-order valence-electron chi connectivity index (χ2n) is 4.86. The number of nitrogens with zero attached hydrogens (tertiary/aromatic N) is 2. The molecule has 0 bridgehead atoms. The van der Waals surface area contributed by atoms with E-state index in [1.165, 1.54) is 23.3 Å². The molecule has 1 aromatic carbocycles. The maximum Gasteiger partial charge on any atom is 0.273 e. The van der Waals surface area contributed by atoms with Gasteiger partial charge in [0.25, 0.3) is 5.91 Å². The van der Waals surface area contributed by atoms with Gasteiger partial charge in [-0.25, -0.2) is 4.98 Å². The van der Waals surface area contributed by atoms with Gasteiger partial charge in [0.2, 0.25) is 5.91 Å². The maximum absolute atomic E-state index is 12.0. The minimum atomic E-state index is -0.561. The van der Waals surface area contributed by atoms with E-state index in [0.717, 1.165) is 11.3 Å². The molecule has 0 aliphatic heterocycles. The fourth-order valence-electron chi connectivity index (χ4n) is 1.76. The minimum absolute atomic E-state index is 0.133. The molecule has 2 aromatic rings. The molecular formula is C15H17N3O3S. The number of hydrogen-bond donors (Lipinski definition) is 1. The first-order chi connectivity index (χ1) is 10.5. The quantitative estimate of drug-likeness (QED) is 0.876. The molecule has 0 aliphatic carbocycles. The topological polar surface area (TPSA) is 85.5 Å². The summed E-state index contributed by atoms with van der Waals surface area (Å²) in [6, 6.07) is 7.70. The fourth-order valence-corrected chi connectivity index (χ4v) is 2.44. The van der Waals surface area contributed by atoms with Crippen molar-refractivity contribution in [3.05, 3.63) is 45.9 Å². The van der Waals surface area contributed by atoms with Crippen LogP contribution in [-0.4, -0.2) is 35.3 Å². The highest BCUT2D eigenvalue weighted by molar-refractivity contribution is 7.09. The van der Waals surface area contributed by atoms with E-state index in [0.29, 0.717) is 11.6 Å². The number of nitrogens with two attached hydrogens (primary N) is 1. The second kappa shape index (κ2) is 7.04. The number of hydrogen-bond acceptors (Lipinski definition) is 5. The fraction of sp³-hybridized carbons (Fsp3) is 0.267. The molecule has 0 saturated carbocycles. The Bertz CT molecular complexity index is 667. The molecule has 2 rings (SSSR count). The van der Waals surface area contributed by atoms with Crippen LogP contribution in [0.1, 0.15) is 21.1 Å². The molecule has 1 heterocycles. The highest BCUT2D eigenvalue weighted by Gasteiger charge is 2.17. The molecule has 0 unspecified atom stereocenters. The molecule has 6 nitrogen and oxygen atoms in total. The predicted molar refractivity (Wildman–Crippen MR) is 83.8 cm³/mol. The summed E-state index contributed by atoms with van der Waals surface area (Å²) in [6.07, 6.45) is 0. The van der Waals surface area contributed by atoms with Crippen LogP contribution >= 0.6 is 11.3 Å². The average Bonchev–Trinajstić information content (AvgIpc) is 2.94. The number of primary amides is 1. The Kier molecular flexibility index (Phi) is 5.11. The third-order valence-corrected chi connectivity index (χ3v) is 3.72. The SMILES string of the molecule is Cc1ccc(OCc2nc(C(=O)N(C)CC(N)=O)cs2)cc1. The van der Waals surface area contributed by atoms with Gasteiger partial charge in [-0.2, -0.15) is 0 Å². The molecule has 0 aliphatic rings. The van der Waals surface area contributed by atoms with E-state index in [1.54, 1.807) is 5.38 Å². The summed E-state index contributed by atoms with van der Waals surface area (Å²) in [4.78, 5) is 28.3. The lowest BCUT2D eigenvalue weighted by Crippen LogP contribution is -2.35. The van der Waals surface area contributed by atoms with Crippen molar-refractivity contribution in [3.8, 4) is 5.75 Å². The van der Waals surface area contributed by atoms with Crippen LogP contribution in [0.3, 0.4) is 0 Å². The number of likely N-dealkylation sites (N-methyl/N-ethyl adjacent to an activating group) is 1. The van der Waals surface area contributed by atoms with Gasteiger partial charge >= 0.3 is 0 Å². The zero-order chi connectivity index (χ0) is 16.1. The molecule has 22 heavy (non-hydrogen) atoms. The van der Waals surface area contributed by atoms with Gasteiger partial charge in [0.05, 0.1) is 6.54 Å². The van der Waals surface area contributed by atoms with Crippen molar-refractivity contribution in [2.75, 3.05) is 13.6 Å². The standard InChI is InChI=1S/C15H17N3O3S/c1-10-3-5-11(6-4-10)21-8-14-17-12(9-22-14)15(20)18(2)7-13(16)19/h3-6,9H,7-8H2,1-2H3,(H2,16,19). The predicted octanol–water partition coefficient (Wildman–Crippen LogP) is 1.59. The first kappa shape index (κ1) is 16.0. The van der Waals surface area contributed by atoms with Crippen molar-refractivity contribution < 1.29 is 14.3 Å². The Morgan fingerprint density at radius 1 is 1.32 bits per heavy atom. The number of thiazole rings is 1. The lowest BCUT2D eigenvalue weighted by atomic mass is 10.2. The average molecular weight is 319 g/mol. The Balaban J connectivity index is 1.94. The Hall–Kier alpha value is -2.41. The van der Waals surface area contributed by atoms with Crippen LogP contribution in [-0.2, 0) is 11.4 Å². The molecule has 0 fully saturated rings. The van der Waals surface area contributed by atoms with Gasteiger partial charge in [0, 0.05) is 12.4 Å². The summed E-state index contributed by atoms with van der Waals surface area (Å²) in [7, 11) is 1.51. The van der Waals surface area contributed by atoms with E-state index in [-0.39, 0.29) is 18.1 Å². The monoisotopic (exact) mass is 319 g/mol. The summed E-state index contributed by atoms with van der Waals surface area (Å²) in [5, 5.41) is 2.34. The molecule has 0 spiro atoms. The van der Waals surface area contributed by atoms with E-state index in [2.05, 4.69) is 4.98 Å². The summed E-state index contributed by atoms with van der Waals surface area (Å²) >= 11 is 1.34. The number of amides is 2. The minimum Gasteiger partial charge on any atom is -0.486 e. The number of aryl methyl sites for hydroxylation is 1. The maximum atomic E-state index is 12.0. The molecule has 0 radical (unpaired) electrons. The van der Waals surface area contributed by atoms with Crippen molar-refractivity contribution in [1.29, 1.82) is 0 Å². The van der Waals surface area contributed by atoms with Crippen molar-refractivity contribution in [1.82, 2.24) is 9.88 Å². The van der Waals surface area contributed by atoms with Crippen molar-refractivity contribution in [3.63, 3.8) is 0 Å². The lowest BCUT2D eigenvalue weighted by Gasteiger charge is -2.12. The van der Waals surface area contributed by atoms with Crippen LogP contribution < -0.4 is 10.5 Å². The van der Waals surface area contributed by atoms with Gasteiger partial charge in [0.15, 0.2) is 0 Å². The second-order valence-corrected chi connectivity index (χ2v) is 5.80. The summed E-state index contributed by atoms with van der Waals surface area (Å²) in [5.41, 5.74) is 6.51. The van der Waals surface area contributed by atoms with E-state index >= 15 is 0 Å². The van der Waals surface area contributed by atoms with Gasteiger partial charge in [-0.1, -0.05) is 17.7 Å². The first-order valence-corrected chi connectivity index (χ1v) is 7.51. The van der Waals surface area contributed by atoms with Crippen molar-refractivity contribution in [2.24, 2.45) is 5.73 Å². The summed E-state index contributed by atoms with van der Waals surface area (Å²) < 4.78 is 5.61. The van der Waals surface area contributed by atoms with Crippen LogP contribution in [0.25, 0.3) is 0 Å². The highest BCUT2D eigenvalue weighted by atomic mass is 32.1. The largest absolute Gasteiger partial charge is 0.486 e. The van der Waals surface area contributed by atoms with Crippen molar-refractivity contribution in [2.45, 2.75) is 13.5 Å². The summed E-state index contributed by atoms with van der Waals surface area (Å²) in [6.45, 7) is 2.16. The molecule has 1 aromatic heterocycles. The smallest absolute Gasteiger partial charge is 0.273 e. The van der Waals surface area contributed by atoms with Crippen molar-refractivity contribution >= 4 is 23.2 Å².